The molecule has 0 aliphatic rings. The monoisotopic (exact) mass is 254 g/mol. The molecule has 0 saturated carbocycles. The Bertz CT molecular complexity index is 406. The summed E-state index contributed by atoms with van der Waals surface area (Å²) in [6, 6.07) is 5.07. The van der Waals surface area contributed by atoms with Crippen molar-refractivity contribution in [1.82, 2.24) is 0 Å². The molecule has 1 aromatic rings. The van der Waals surface area contributed by atoms with Crippen LogP contribution in [0, 0.1) is 11.7 Å². The smallest absolute Gasteiger partial charge is 0.135 e. The van der Waals surface area contributed by atoms with Crippen molar-refractivity contribution in [3.05, 3.63) is 29.6 Å². The molecule has 0 saturated heterocycles. The summed E-state index contributed by atoms with van der Waals surface area (Å²) in [5.74, 6) is 0.122. The SMILES string of the molecule is CCC(C)C(C)Nc1cccc(F)c1C(N)=S. The Morgan fingerprint density at radius 3 is 2.65 bits per heavy atom. The number of nitrogens with one attached hydrogen (secondary N) is 1. The van der Waals surface area contributed by atoms with E-state index < -0.39 is 0 Å². The van der Waals surface area contributed by atoms with Crippen molar-refractivity contribution in [1.29, 1.82) is 0 Å². The van der Waals surface area contributed by atoms with Gasteiger partial charge in [-0.15, -0.1) is 0 Å². The van der Waals surface area contributed by atoms with Crippen molar-refractivity contribution in [2.24, 2.45) is 11.7 Å². The molecule has 1 rings (SSSR count). The van der Waals surface area contributed by atoms with Gasteiger partial charge in [0.15, 0.2) is 0 Å². The fourth-order valence-corrected chi connectivity index (χ4v) is 1.84. The maximum atomic E-state index is 13.6. The maximum Gasteiger partial charge on any atom is 0.135 e. The van der Waals surface area contributed by atoms with Crippen LogP contribution in [0.2, 0.25) is 0 Å². The lowest BCUT2D eigenvalue weighted by Gasteiger charge is -2.22. The van der Waals surface area contributed by atoms with Crippen molar-refractivity contribution < 1.29 is 4.39 Å². The highest BCUT2D eigenvalue weighted by atomic mass is 32.1. The van der Waals surface area contributed by atoms with E-state index in [1.807, 2.05) is 0 Å². The number of halogens is 1. The first-order valence-corrected chi connectivity index (χ1v) is 6.23. The van der Waals surface area contributed by atoms with E-state index in [2.05, 4.69) is 26.1 Å². The van der Waals surface area contributed by atoms with E-state index in [4.69, 9.17) is 18.0 Å². The minimum Gasteiger partial charge on any atom is -0.389 e. The van der Waals surface area contributed by atoms with Crippen LogP contribution in [0.3, 0.4) is 0 Å². The van der Waals surface area contributed by atoms with Crippen molar-refractivity contribution in [2.75, 3.05) is 5.32 Å². The number of hydrogen-bond acceptors (Lipinski definition) is 2. The maximum absolute atomic E-state index is 13.6. The van der Waals surface area contributed by atoms with Crippen molar-refractivity contribution in [3.8, 4) is 0 Å². The van der Waals surface area contributed by atoms with Crippen LogP contribution in [0.1, 0.15) is 32.8 Å². The number of benzene rings is 1. The Morgan fingerprint density at radius 1 is 1.47 bits per heavy atom. The first-order valence-electron chi connectivity index (χ1n) is 5.82. The molecule has 17 heavy (non-hydrogen) atoms. The zero-order valence-electron chi connectivity index (χ0n) is 10.5. The molecule has 94 valence electrons. The van der Waals surface area contributed by atoms with Gasteiger partial charge in [-0.3, -0.25) is 0 Å². The zero-order valence-corrected chi connectivity index (χ0v) is 11.3. The molecule has 2 nitrogen and oxygen atoms in total. The minimum absolute atomic E-state index is 0.0851. The molecule has 0 aliphatic carbocycles. The van der Waals surface area contributed by atoms with E-state index in [1.165, 1.54) is 6.07 Å². The van der Waals surface area contributed by atoms with Crippen LogP contribution in [0.4, 0.5) is 10.1 Å². The lowest BCUT2D eigenvalue weighted by molar-refractivity contribution is 0.494. The lowest BCUT2D eigenvalue weighted by Crippen LogP contribution is -2.25. The predicted octanol–water partition coefficient (Wildman–Crippen LogP) is 3.31. The molecule has 0 fully saturated rings. The molecule has 3 N–H and O–H groups in total. The largest absolute Gasteiger partial charge is 0.389 e. The third-order valence-corrected chi connectivity index (χ3v) is 3.34. The summed E-state index contributed by atoms with van der Waals surface area (Å²) in [6.07, 6.45) is 1.06. The second-order valence-electron chi connectivity index (χ2n) is 4.35. The third kappa shape index (κ3) is 3.40. The molecule has 2 atom stereocenters. The molecule has 0 heterocycles. The predicted molar refractivity (Wildman–Crippen MR) is 74.8 cm³/mol. The van der Waals surface area contributed by atoms with Crippen molar-refractivity contribution in [2.45, 2.75) is 33.2 Å². The Morgan fingerprint density at radius 2 is 2.12 bits per heavy atom. The van der Waals surface area contributed by atoms with Gasteiger partial charge < -0.3 is 11.1 Å². The first-order chi connectivity index (χ1) is 7.97. The van der Waals surface area contributed by atoms with Gasteiger partial charge in [0, 0.05) is 11.7 Å². The second kappa shape index (κ2) is 5.96. The van der Waals surface area contributed by atoms with Crippen LogP contribution in [0.15, 0.2) is 18.2 Å². The van der Waals surface area contributed by atoms with E-state index in [1.54, 1.807) is 12.1 Å². The van der Waals surface area contributed by atoms with Gasteiger partial charge in [0.1, 0.15) is 10.8 Å². The van der Waals surface area contributed by atoms with E-state index in [0.29, 0.717) is 17.2 Å². The Kier molecular flexibility index (Phi) is 4.87. The Hall–Kier alpha value is -1.16. The number of rotatable bonds is 5. The number of anilines is 1. The fraction of sp³-hybridized carbons (Fsp3) is 0.462. The van der Waals surface area contributed by atoms with Crippen LogP contribution >= 0.6 is 12.2 Å². The molecule has 0 bridgehead atoms. The Balaban J connectivity index is 2.98. The highest BCUT2D eigenvalue weighted by Gasteiger charge is 2.15. The molecule has 4 heteroatoms. The van der Waals surface area contributed by atoms with E-state index in [9.17, 15) is 4.39 Å². The number of hydrogen-bond donors (Lipinski definition) is 2. The third-order valence-electron chi connectivity index (χ3n) is 3.14. The molecule has 0 amide bonds. The average Bonchev–Trinajstić information content (AvgIpc) is 2.27. The van der Waals surface area contributed by atoms with Gasteiger partial charge in [0.25, 0.3) is 0 Å². The Labute approximate surface area is 107 Å². The van der Waals surface area contributed by atoms with Crippen LogP contribution in [-0.2, 0) is 0 Å². The summed E-state index contributed by atoms with van der Waals surface area (Å²) < 4.78 is 13.6. The molecule has 0 radical (unpaired) electrons. The summed E-state index contributed by atoms with van der Waals surface area (Å²) >= 11 is 4.88. The quantitative estimate of drug-likeness (QED) is 0.792. The van der Waals surface area contributed by atoms with Crippen LogP contribution in [0.5, 0.6) is 0 Å². The van der Waals surface area contributed by atoms with Gasteiger partial charge in [0.2, 0.25) is 0 Å². The van der Waals surface area contributed by atoms with Crippen LogP contribution in [-0.4, -0.2) is 11.0 Å². The topological polar surface area (TPSA) is 38.0 Å². The number of nitrogens with two attached hydrogens (primary N) is 1. The normalized spacial score (nSPS) is 14.1. The molecule has 1 aromatic carbocycles. The average molecular weight is 254 g/mol. The summed E-state index contributed by atoms with van der Waals surface area (Å²) in [5, 5.41) is 3.28. The van der Waals surface area contributed by atoms with Gasteiger partial charge in [0.05, 0.1) is 5.56 Å². The van der Waals surface area contributed by atoms with Crippen LogP contribution in [0.25, 0.3) is 0 Å². The molecule has 0 spiro atoms. The summed E-state index contributed by atoms with van der Waals surface area (Å²) in [6.45, 7) is 6.35. The second-order valence-corrected chi connectivity index (χ2v) is 4.79. The first kappa shape index (κ1) is 13.9. The lowest BCUT2D eigenvalue weighted by atomic mass is 10.00. The highest BCUT2D eigenvalue weighted by molar-refractivity contribution is 7.80. The molecule has 2 unspecified atom stereocenters. The minimum atomic E-state index is -0.376. The van der Waals surface area contributed by atoms with Gasteiger partial charge in [-0.2, -0.15) is 0 Å². The zero-order chi connectivity index (χ0) is 13.0. The van der Waals surface area contributed by atoms with E-state index in [0.717, 1.165) is 6.42 Å². The van der Waals surface area contributed by atoms with Crippen LogP contribution < -0.4 is 11.1 Å². The van der Waals surface area contributed by atoms with Gasteiger partial charge >= 0.3 is 0 Å². The summed E-state index contributed by atoms with van der Waals surface area (Å²) in [4.78, 5) is 0.0851. The van der Waals surface area contributed by atoms with Crippen molar-refractivity contribution >= 4 is 22.9 Å². The summed E-state index contributed by atoms with van der Waals surface area (Å²) in [7, 11) is 0. The van der Waals surface area contributed by atoms with E-state index in [-0.39, 0.29) is 16.8 Å². The number of thiocarbonyl (C=S) groups is 1. The highest BCUT2D eigenvalue weighted by Crippen LogP contribution is 2.21. The fourth-order valence-electron chi connectivity index (χ4n) is 1.64. The van der Waals surface area contributed by atoms with Gasteiger partial charge in [-0.25, -0.2) is 4.39 Å². The standard InChI is InChI=1S/C13H19FN2S/c1-4-8(2)9(3)16-11-7-5-6-10(14)12(11)13(15)17/h5-9,16H,4H2,1-3H3,(H2,15,17). The van der Waals surface area contributed by atoms with Gasteiger partial charge in [-0.05, 0) is 25.0 Å². The summed E-state index contributed by atoms with van der Waals surface area (Å²) in [5.41, 5.74) is 6.53. The molecular weight excluding hydrogens is 235 g/mol. The van der Waals surface area contributed by atoms with E-state index >= 15 is 0 Å². The van der Waals surface area contributed by atoms with Gasteiger partial charge in [-0.1, -0.05) is 38.6 Å². The molecule has 0 aromatic heterocycles. The molecular formula is C13H19FN2S. The molecule has 0 aliphatic heterocycles. The van der Waals surface area contributed by atoms with Crippen molar-refractivity contribution in [3.63, 3.8) is 0 Å².